The average molecular weight is 553 g/mol. The van der Waals surface area contributed by atoms with Crippen LogP contribution in [0.2, 0.25) is 5.02 Å². The third kappa shape index (κ3) is 6.52. The molecular weight excluding hydrogens is 520 g/mol. The molecule has 1 fully saturated rings. The molecule has 6 nitrogen and oxygen atoms in total. The Labute approximate surface area is 240 Å². The summed E-state index contributed by atoms with van der Waals surface area (Å²) in [6.07, 6.45) is 8.76. The van der Waals surface area contributed by atoms with Gasteiger partial charge in [-0.15, -0.1) is 0 Å². The summed E-state index contributed by atoms with van der Waals surface area (Å²) in [5.74, 6) is -0.181. The van der Waals surface area contributed by atoms with Gasteiger partial charge in [0.1, 0.15) is 6.04 Å². The van der Waals surface area contributed by atoms with Crippen molar-refractivity contribution in [2.24, 2.45) is 0 Å². The van der Waals surface area contributed by atoms with Crippen molar-refractivity contribution < 1.29 is 9.59 Å². The second kappa shape index (κ2) is 12.8. The Bertz CT molecular complexity index is 1500. The van der Waals surface area contributed by atoms with Gasteiger partial charge in [-0.2, -0.15) is 0 Å². The van der Waals surface area contributed by atoms with Crippen LogP contribution in [0, 0.1) is 6.92 Å². The van der Waals surface area contributed by atoms with Crippen LogP contribution in [0.25, 0.3) is 17.0 Å². The van der Waals surface area contributed by atoms with Gasteiger partial charge < -0.3 is 15.5 Å². The molecule has 0 radical (unpaired) electrons. The summed E-state index contributed by atoms with van der Waals surface area (Å²) >= 11 is 6.08. The first-order valence-electron chi connectivity index (χ1n) is 13.7. The normalized spacial score (nSPS) is 16.8. The van der Waals surface area contributed by atoms with Crippen molar-refractivity contribution in [3.63, 3.8) is 0 Å². The van der Waals surface area contributed by atoms with Crippen LogP contribution >= 0.6 is 11.6 Å². The molecule has 2 N–H and O–H groups in total. The molecular formula is C33H33ClN4O2. The third-order valence-corrected chi connectivity index (χ3v) is 7.39. The van der Waals surface area contributed by atoms with E-state index in [0.717, 1.165) is 59.2 Å². The average Bonchev–Trinajstić information content (AvgIpc) is 2.97. The van der Waals surface area contributed by atoms with Crippen molar-refractivity contribution >= 4 is 51.8 Å². The maximum atomic E-state index is 13.1. The Hall–Kier alpha value is -4.16. The Morgan fingerprint density at radius 3 is 2.60 bits per heavy atom. The second-order valence-electron chi connectivity index (χ2n) is 10.1. The van der Waals surface area contributed by atoms with Crippen molar-refractivity contribution in [3.05, 3.63) is 107 Å². The summed E-state index contributed by atoms with van der Waals surface area (Å²) in [6, 6.07) is 24.7. The topological polar surface area (TPSA) is 74.3 Å². The number of hydrogen-bond donors (Lipinski definition) is 2. The van der Waals surface area contributed by atoms with Gasteiger partial charge in [-0.3, -0.25) is 14.6 Å². The molecule has 3 aromatic carbocycles. The monoisotopic (exact) mass is 552 g/mol. The minimum atomic E-state index is -0.566. The highest BCUT2D eigenvalue weighted by atomic mass is 35.5. The standard InChI is InChI=1S/C33H33ClN4O2/c1-23-11-15-26(16-12-23)38-30(18-13-24-8-4-2-5-9-24)32(33(38)40)37-31(39)10-6-3-7-20-35-28-19-21-36-29-22-25(34)14-17-27(28)29/h2,4-5,8-9,11-19,21-22,30,32H,3,6-7,10,20H2,1H3,(H,35,36)(H,37,39)/b18-13+/t30-,32+/m0/s1. The highest BCUT2D eigenvalue weighted by Crippen LogP contribution is 2.30. The first-order valence-corrected chi connectivity index (χ1v) is 14.1. The number of rotatable bonds is 11. The van der Waals surface area contributed by atoms with E-state index in [1.165, 1.54) is 0 Å². The van der Waals surface area contributed by atoms with E-state index < -0.39 is 6.04 Å². The lowest BCUT2D eigenvalue weighted by Crippen LogP contribution is -2.70. The van der Waals surface area contributed by atoms with E-state index in [-0.39, 0.29) is 17.9 Å². The summed E-state index contributed by atoms with van der Waals surface area (Å²) in [5, 5.41) is 8.16. The molecule has 5 rings (SSSR count). The fourth-order valence-electron chi connectivity index (χ4n) is 4.96. The molecule has 0 saturated carbocycles. The number of aromatic nitrogens is 1. The molecule has 2 heterocycles. The molecule has 0 aliphatic carbocycles. The van der Waals surface area contributed by atoms with E-state index in [4.69, 9.17) is 11.6 Å². The molecule has 0 bridgehead atoms. The van der Waals surface area contributed by atoms with Crippen LogP contribution in [0.5, 0.6) is 0 Å². The summed E-state index contributed by atoms with van der Waals surface area (Å²) < 4.78 is 0. The number of β-lactam (4-membered cyclic amide) rings is 1. The number of nitrogens with zero attached hydrogens (tertiary/aromatic N) is 2. The van der Waals surface area contributed by atoms with Gasteiger partial charge in [0.15, 0.2) is 0 Å². The lowest BCUT2D eigenvalue weighted by atomic mass is 9.92. The van der Waals surface area contributed by atoms with Gasteiger partial charge in [0.05, 0.1) is 11.6 Å². The van der Waals surface area contributed by atoms with Gasteiger partial charge in [-0.05, 0) is 61.7 Å². The van der Waals surface area contributed by atoms with Crippen molar-refractivity contribution in [1.29, 1.82) is 0 Å². The zero-order chi connectivity index (χ0) is 27.9. The molecule has 204 valence electrons. The van der Waals surface area contributed by atoms with Gasteiger partial charge in [0.25, 0.3) is 5.91 Å². The lowest BCUT2D eigenvalue weighted by Gasteiger charge is -2.46. The second-order valence-corrected chi connectivity index (χ2v) is 10.5. The number of halogens is 1. The van der Waals surface area contributed by atoms with Crippen molar-refractivity contribution in [3.8, 4) is 0 Å². The van der Waals surface area contributed by atoms with Crippen molar-refractivity contribution in [2.45, 2.75) is 44.7 Å². The highest BCUT2D eigenvalue weighted by molar-refractivity contribution is 6.31. The van der Waals surface area contributed by atoms with Gasteiger partial charge in [0.2, 0.25) is 5.91 Å². The molecule has 0 unspecified atom stereocenters. The van der Waals surface area contributed by atoms with Crippen LogP contribution < -0.4 is 15.5 Å². The first-order chi connectivity index (χ1) is 19.5. The van der Waals surface area contributed by atoms with Gasteiger partial charge in [0, 0.05) is 40.9 Å². The smallest absolute Gasteiger partial charge is 0.252 e. The zero-order valence-electron chi connectivity index (χ0n) is 22.5. The SMILES string of the molecule is Cc1ccc(N2C(=O)[C@H](NC(=O)CCCCCNc3ccnc4cc(Cl)ccc34)[C@@H]2/C=C/c2ccccc2)cc1. The zero-order valence-corrected chi connectivity index (χ0v) is 23.3. The largest absolute Gasteiger partial charge is 0.384 e. The van der Waals surface area contributed by atoms with Crippen LogP contribution in [0.1, 0.15) is 36.8 Å². The number of benzene rings is 3. The number of carbonyl (C=O) groups is 2. The Kier molecular flexibility index (Phi) is 8.77. The van der Waals surface area contributed by atoms with E-state index in [0.29, 0.717) is 11.4 Å². The van der Waals surface area contributed by atoms with E-state index in [1.807, 2.05) is 97.9 Å². The number of aryl methyl sites for hydroxylation is 1. The summed E-state index contributed by atoms with van der Waals surface area (Å²) in [7, 11) is 0. The third-order valence-electron chi connectivity index (χ3n) is 7.16. The van der Waals surface area contributed by atoms with E-state index in [1.54, 1.807) is 11.1 Å². The number of unbranched alkanes of at least 4 members (excludes halogenated alkanes) is 2. The Morgan fingerprint density at radius 2 is 1.80 bits per heavy atom. The summed E-state index contributed by atoms with van der Waals surface area (Å²) in [4.78, 5) is 32.0. The number of nitrogens with one attached hydrogen (secondary N) is 2. The van der Waals surface area contributed by atoms with Gasteiger partial charge >= 0.3 is 0 Å². The molecule has 2 amide bonds. The number of hydrogen-bond acceptors (Lipinski definition) is 4. The number of anilines is 2. The summed E-state index contributed by atoms with van der Waals surface area (Å²) in [6.45, 7) is 2.81. The van der Waals surface area contributed by atoms with Gasteiger partial charge in [-0.1, -0.05) is 78.2 Å². The number of carbonyl (C=O) groups excluding carboxylic acids is 2. The predicted molar refractivity (Wildman–Crippen MR) is 164 cm³/mol. The molecule has 7 heteroatoms. The van der Waals surface area contributed by atoms with Crippen LogP contribution in [-0.2, 0) is 9.59 Å². The van der Waals surface area contributed by atoms with Crippen molar-refractivity contribution in [2.75, 3.05) is 16.8 Å². The molecule has 40 heavy (non-hydrogen) atoms. The molecule has 0 spiro atoms. The molecule has 1 saturated heterocycles. The van der Waals surface area contributed by atoms with E-state index >= 15 is 0 Å². The maximum absolute atomic E-state index is 13.1. The fraction of sp³-hybridized carbons (Fsp3) is 0.242. The fourth-order valence-corrected chi connectivity index (χ4v) is 5.13. The summed E-state index contributed by atoms with van der Waals surface area (Å²) in [5.41, 5.74) is 4.90. The van der Waals surface area contributed by atoms with Crippen LogP contribution in [0.15, 0.2) is 91.1 Å². The Balaban J connectivity index is 1.12. The minimum Gasteiger partial charge on any atom is -0.384 e. The quantitative estimate of drug-likeness (QED) is 0.159. The number of pyridine rings is 1. The number of amides is 2. The molecule has 1 aliphatic heterocycles. The van der Waals surface area contributed by atoms with Crippen LogP contribution in [-0.4, -0.2) is 35.4 Å². The van der Waals surface area contributed by atoms with E-state index in [2.05, 4.69) is 15.6 Å². The predicted octanol–water partition coefficient (Wildman–Crippen LogP) is 6.78. The van der Waals surface area contributed by atoms with Crippen LogP contribution in [0.4, 0.5) is 11.4 Å². The molecule has 2 atom stereocenters. The Morgan fingerprint density at radius 1 is 1.00 bits per heavy atom. The van der Waals surface area contributed by atoms with E-state index in [9.17, 15) is 9.59 Å². The molecule has 4 aromatic rings. The minimum absolute atomic E-state index is 0.0880. The maximum Gasteiger partial charge on any atom is 0.252 e. The van der Waals surface area contributed by atoms with Crippen LogP contribution in [0.3, 0.4) is 0 Å². The van der Waals surface area contributed by atoms with Gasteiger partial charge in [-0.25, -0.2) is 0 Å². The first kappa shape index (κ1) is 27.4. The number of fused-ring (bicyclic) bond motifs is 1. The molecule has 1 aromatic heterocycles. The molecule has 1 aliphatic rings. The van der Waals surface area contributed by atoms with Crippen molar-refractivity contribution in [1.82, 2.24) is 10.3 Å². The highest BCUT2D eigenvalue weighted by Gasteiger charge is 2.47. The lowest BCUT2D eigenvalue weighted by molar-refractivity contribution is -0.132.